The number of carbonyl (C=O) groups excluding carboxylic acids is 1. The van der Waals surface area contributed by atoms with E-state index in [1.54, 1.807) is 24.3 Å². The average molecular weight is 497 g/mol. The van der Waals surface area contributed by atoms with Crippen LogP contribution in [-0.4, -0.2) is 40.7 Å². The predicted molar refractivity (Wildman–Crippen MR) is 134 cm³/mol. The Hall–Kier alpha value is -3.29. The molecule has 0 bridgehead atoms. The van der Waals surface area contributed by atoms with Crippen molar-refractivity contribution in [2.75, 3.05) is 12.8 Å². The minimum Gasteiger partial charge on any atom is -0.481 e. The molecule has 3 aromatic rings. The third-order valence-electron chi connectivity index (χ3n) is 5.27. The molecule has 0 spiro atoms. The van der Waals surface area contributed by atoms with Crippen LogP contribution in [0.25, 0.3) is 11.1 Å². The Morgan fingerprint density at radius 1 is 0.857 bits per heavy atom. The molecule has 2 atom stereocenters. The van der Waals surface area contributed by atoms with Crippen LogP contribution in [0.2, 0.25) is 0 Å². The summed E-state index contributed by atoms with van der Waals surface area (Å²) in [5, 5.41) is 14.2. The number of carboxylic acid groups (broad SMARTS) is 1. The second kappa shape index (κ2) is 13.0. The molecule has 0 radical (unpaired) electrons. The van der Waals surface area contributed by atoms with E-state index in [0.717, 1.165) is 22.3 Å². The second-order valence-electron chi connectivity index (χ2n) is 8.01. The van der Waals surface area contributed by atoms with Crippen LogP contribution >= 0.6 is 7.60 Å². The summed E-state index contributed by atoms with van der Waals surface area (Å²) in [4.78, 5) is 33.8. The highest BCUT2D eigenvalue weighted by Gasteiger charge is 2.25. The van der Waals surface area contributed by atoms with Gasteiger partial charge in [0.1, 0.15) is 0 Å². The van der Waals surface area contributed by atoms with Gasteiger partial charge in [-0.15, -0.1) is 0 Å². The molecule has 3 rings (SSSR count). The summed E-state index contributed by atoms with van der Waals surface area (Å²) in [7, 11) is -4.03. The van der Waals surface area contributed by atoms with Crippen LogP contribution in [-0.2, 0) is 31.7 Å². The normalized spacial score (nSPS) is 13.5. The molecule has 0 saturated carbocycles. The molecular weight excluding hydrogens is 467 g/mol. The Morgan fingerprint density at radius 2 is 1.46 bits per heavy atom. The maximum atomic E-state index is 12.7. The Bertz CT molecular complexity index is 1140. The zero-order valence-corrected chi connectivity index (χ0v) is 20.1. The average Bonchev–Trinajstić information content (AvgIpc) is 2.86. The van der Waals surface area contributed by atoms with Gasteiger partial charge in [0.2, 0.25) is 5.91 Å². The molecule has 35 heavy (non-hydrogen) atoms. The molecule has 3 aromatic carbocycles. The highest BCUT2D eigenvalue weighted by atomic mass is 31.2. The molecule has 0 heterocycles. The lowest BCUT2D eigenvalue weighted by Crippen LogP contribution is -2.46. The SMILES string of the molecule is O=C(O)CCNC(=O)C(Cc1ccc(-c2ccccc2)cc1)NCP(=O)(O)OCc1ccccc1. The number of hydrogen-bond acceptors (Lipinski definition) is 5. The summed E-state index contributed by atoms with van der Waals surface area (Å²) in [6.07, 6.45) is -0.408. The number of aliphatic carboxylic acids is 1. The third-order valence-corrected chi connectivity index (χ3v) is 6.38. The first-order valence-electron chi connectivity index (χ1n) is 11.2. The number of carboxylic acids is 1. The van der Waals surface area contributed by atoms with E-state index in [-0.39, 0.29) is 26.0 Å². The van der Waals surface area contributed by atoms with Gasteiger partial charge in [-0.2, -0.15) is 0 Å². The zero-order chi connectivity index (χ0) is 25.1. The van der Waals surface area contributed by atoms with E-state index in [2.05, 4.69) is 10.6 Å². The van der Waals surface area contributed by atoms with Crippen LogP contribution in [0.15, 0.2) is 84.9 Å². The standard InChI is InChI=1S/C26H29N2O6P/c29-25(30)15-16-27-26(31)24(28-19-35(32,33)34-18-21-7-3-1-4-8-21)17-20-11-13-23(14-12-20)22-9-5-2-6-10-22/h1-14,24,28H,15-19H2,(H,27,31)(H,29,30)(H,32,33). The summed E-state index contributed by atoms with van der Waals surface area (Å²) in [6, 6.07) is 25.7. The largest absolute Gasteiger partial charge is 0.481 e. The number of nitrogens with one attached hydrogen (secondary N) is 2. The first-order valence-corrected chi connectivity index (χ1v) is 13.0. The fraction of sp³-hybridized carbons (Fsp3) is 0.231. The summed E-state index contributed by atoms with van der Waals surface area (Å²) < 4.78 is 17.7. The van der Waals surface area contributed by atoms with Gasteiger partial charge < -0.3 is 19.8 Å². The molecule has 0 aliphatic carbocycles. The fourth-order valence-electron chi connectivity index (χ4n) is 3.39. The predicted octanol–water partition coefficient (Wildman–Crippen LogP) is 3.80. The minimum absolute atomic E-state index is 0.0350. The number of amides is 1. The number of carbonyl (C=O) groups is 2. The molecule has 4 N–H and O–H groups in total. The molecule has 2 unspecified atom stereocenters. The summed E-state index contributed by atoms with van der Waals surface area (Å²) in [5.41, 5.74) is 3.69. The lowest BCUT2D eigenvalue weighted by atomic mass is 10.0. The lowest BCUT2D eigenvalue weighted by molar-refractivity contribution is -0.137. The van der Waals surface area contributed by atoms with Crippen molar-refractivity contribution in [3.8, 4) is 11.1 Å². The molecule has 0 aliphatic heterocycles. The Kier molecular flexibility index (Phi) is 9.76. The highest BCUT2D eigenvalue weighted by molar-refractivity contribution is 7.52. The summed E-state index contributed by atoms with van der Waals surface area (Å²) >= 11 is 0. The van der Waals surface area contributed by atoms with E-state index in [0.29, 0.717) is 0 Å². The quantitative estimate of drug-likeness (QED) is 0.265. The van der Waals surface area contributed by atoms with Gasteiger partial charge in [0, 0.05) is 6.54 Å². The molecule has 9 heteroatoms. The van der Waals surface area contributed by atoms with Crippen molar-refractivity contribution in [2.24, 2.45) is 0 Å². The fourth-order valence-corrected chi connectivity index (χ4v) is 4.29. The molecule has 0 fully saturated rings. The van der Waals surface area contributed by atoms with Gasteiger partial charge >= 0.3 is 13.6 Å². The van der Waals surface area contributed by atoms with Gasteiger partial charge in [-0.1, -0.05) is 84.9 Å². The van der Waals surface area contributed by atoms with Crippen molar-refractivity contribution in [1.82, 2.24) is 10.6 Å². The van der Waals surface area contributed by atoms with Crippen LogP contribution < -0.4 is 10.6 Å². The van der Waals surface area contributed by atoms with Crippen LogP contribution in [0.5, 0.6) is 0 Å². The Morgan fingerprint density at radius 3 is 2.09 bits per heavy atom. The van der Waals surface area contributed by atoms with E-state index in [1.165, 1.54) is 0 Å². The monoisotopic (exact) mass is 496 g/mol. The van der Waals surface area contributed by atoms with Crippen molar-refractivity contribution in [3.05, 3.63) is 96.1 Å². The van der Waals surface area contributed by atoms with E-state index in [1.807, 2.05) is 60.7 Å². The van der Waals surface area contributed by atoms with Gasteiger partial charge in [-0.05, 0) is 28.7 Å². The van der Waals surface area contributed by atoms with Gasteiger partial charge in [-0.3, -0.25) is 19.5 Å². The number of rotatable bonds is 13. The highest BCUT2D eigenvalue weighted by Crippen LogP contribution is 2.41. The first-order chi connectivity index (χ1) is 16.8. The second-order valence-corrected chi connectivity index (χ2v) is 9.86. The van der Waals surface area contributed by atoms with Crippen molar-refractivity contribution in [1.29, 1.82) is 0 Å². The first kappa shape index (κ1) is 26.3. The molecule has 0 saturated heterocycles. The maximum absolute atomic E-state index is 12.7. The molecule has 1 amide bonds. The maximum Gasteiger partial charge on any atom is 0.342 e. The van der Waals surface area contributed by atoms with E-state index in [9.17, 15) is 19.0 Å². The molecule has 0 aliphatic rings. The lowest BCUT2D eigenvalue weighted by Gasteiger charge is -2.21. The molecular formula is C26H29N2O6P. The van der Waals surface area contributed by atoms with Crippen molar-refractivity contribution in [2.45, 2.75) is 25.5 Å². The number of hydrogen-bond donors (Lipinski definition) is 4. The van der Waals surface area contributed by atoms with Gasteiger partial charge in [-0.25, -0.2) is 0 Å². The van der Waals surface area contributed by atoms with Crippen molar-refractivity contribution >= 4 is 19.5 Å². The smallest absolute Gasteiger partial charge is 0.342 e. The van der Waals surface area contributed by atoms with E-state index < -0.39 is 31.8 Å². The van der Waals surface area contributed by atoms with Gasteiger partial charge in [0.15, 0.2) is 0 Å². The summed E-state index contributed by atoms with van der Waals surface area (Å²) in [5.74, 6) is -1.48. The van der Waals surface area contributed by atoms with Crippen LogP contribution in [0.4, 0.5) is 0 Å². The van der Waals surface area contributed by atoms with Crippen LogP contribution in [0.3, 0.4) is 0 Å². The van der Waals surface area contributed by atoms with Crippen molar-refractivity contribution in [3.63, 3.8) is 0 Å². The third kappa shape index (κ3) is 9.11. The van der Waals surface area contributed by atoms with Gasteiger partial charge in [0.25, 0.3) is 0 Å². The van der Waals surface area contributed by atoms with E-state index in [4.69, 9.17) is 9.63 Å². The summed E-state index contributed by atoms with van der Waals surface area (Å²) in [6.45, 7) is -0.0761. The zero-order valence-electron chi connectivity index (χ0n) is 19.2. The molecule has 184 valence electrons. The van der Waals surface area contributed by atoms with Crippen LogP contribution in [0.1, 0.15) is 17.5 Å². The Labute approximate surface area is 204 Å². The topological polar surface area (TPSA) is 125 Å². The van der Waals surface area contributed by atoms with Gasteiger partial charge in [0.05, 0.1) is 25.4 Å². The Balaban J connectivity index is 1.64. The number of benzene rings is 3. The molecule has 0 aromatic heterocycles. The molecule has 8 nitrogen and oxygen atoms in total. The van der Waals surface area contributed by atoms with Crippen LogP contribution in [0, 0.1) is 0 Å². The van der Waals surface area contributed by atoms with Crippen molar-refractivity contribution < 1.29 is 28.7 Å². The minimum atomic E-state index is -4.03. The van der Waals surface area contributed by atoms with E-state index >= 15 is 0 Å².